The molecule has 1 saturated carbocycles. The van der Waals surface area contributed by atoms with Gasteiger partial charge in [-0.2, -0.15) is 0 Å². The van der Waals surface area contributed by atoms with Gasteiger partial charge in [0.1, 0.15) is 0 Å². The van der Waals surface area contributed by atoms with Crippen LogP contribution in [0.2, 0.25) is 0 Å². The van der Waals surface area contributed by atoms with Crippen molar-refractivity contribution in [1.29, 1.82) is 0 Å². The predicted octanol–water partition coefficient (Wildman–Crippen LogP) is 2.29. The summed E-state index contributed by atoms with van der Waals surface area (Å²) in [4.78, 5) is 22.6. The summed E-state index contributed by atoms with van der Waals surface area (Å²) in [7, 11) is 0. The van der Waals surface area contributed by atoms with Crippen molar-refractivity contribution >= 4 is 11.6 Å². The quantitative estimate of drug-likeness (QED) is 0.656. The van der Waals surface area contributed by atoms with Crippen LogP contribution in [0.5, 0.6) is 0 Å². The molecule has 6 nitrogen and oxygen atoms in total. The number of nitrogens with zero attached hydrogens (tertiary/aromatic N) is 1. The van der Waals surface area contributed by atoms with Crippen molar-refractivity contribution in [3.8, 4) is 0 Å². The molecule has 0 saturated heterocycles. The number of nitrogens with two attached hydrogens (primary N) is 1. The van der Waals surface area contributed by atoms with Crippen molar-refractivity contribution in [1.82, 2.24) is 5.32 Å². The monoisotopic (exact) mass is 291 g/mol. The second-order valence-electron chi connectivity index (χ2n) is 5.64. The zero-order valence-electron chi connectivity index (χ0n) is 12.1. The van der Waals surface area contributed by atoms with Gasteiger partial charge in [0.15, 0.2) is 0 Å². The van der Waals surface area contributed by atoms with Crippen LogP contribution in [0, 0.1) is 16.0 Å². The first-order valence-electron chi connectivity index (χ1n) is 7.29. The van der Waals surface area contributed by atoms with Gasteiger partial charge in [-0.05, 0) is 25.3 Å². The minimum Gasteiger partial charge on any atom is -0.349 e. The highest BCUT2D eigenvalue weighted by atomic mass is 16.6. The van der Waals surface area contributed by atoms with E-state index in [9.17, 15) is 14.9 Å². The number of non-ortho nitro benzene ring substituents is 1. The molecule has 0 bridgehead atoms. The van der Waals surface area contributed by atoms with Gasteiger partial charge in [0.2, 0.25) is 5.91 Å². The van der Waals surface area contributed by atoms with E-state index in [1.54, 1.807) is 12.1 Å². The van der Waals surface area contributed by atoms with Gasteiger partial charge in [-0.25, -0.2) is 0 Å². The van der Waals surface area contributed by atoms with Crippen LogP contribution in [0.3, 0.4) is 0 Å². The molecule has 1 aromatic rings. The summed E-state index contributed by atoms with van der Waals surface area (Å²) in [5.74, 6) is -0.207. The molecule has 1 aliphatic rings. The van der Waals surface area contributed by atoms with E-state index in [-0.39, 0.29) is 29.6 Å². The first-order chi connectivity index (χ1) is 9.99. The van der Waals surface area contributed by atoms with Crippen LogP contribution in [0.4, 0.5) is 5.69 Å². The Morgan fingerprint density at radius 2 is 2.14 bits per heavy atom. The molecule has 1 aromatic carbocycles. The first-order valence-corrected chi connectivity index (χ1v) is 7.29. The fourth-order valence-electron chi connectivity index (χ4n) is 2.80. The van der Waals surface area contributed by atoms with Crippen LogP contribution in [0.1, 0.15) is 44.2 Å². The third-order valence-corrected chi connectivity index (χ3v) is 4.10. The minimum absolute atomic E-state index is 0.0305. The predicted molar refractivity (Wildman–Crippen MR) is 79.6 cm³/mol. The van der Waals surface area contributed by atoms with Crippen molar-refractivity contribution < 1.29 is 9.72 Å². The fraction of sp³-hybridized carbons (Fsp3) is 0.533. The molecule has 0 heterocycles. The van der Waals surface area contributed by atoms with Crippen molar-refractivity contribution in [3.63, 3.8) is 0 Å². The zero-order chi connectivity index (χ0) is 15.4. The zero-order valence-corrected chi connectivity index (χ0v) is 12.1. The Labute approximate surface area is 123 Å². The lowest BCUT2D eigenvalue weighted by atomic mass is 9.84. The molecule has 2 rings (SSSR count). The number of nitrogens with one attached hydrogen (secondary N) is 1. The summed E-state index contributed by atoms with van der Waals surface area (Å²) in [6.07, 6.45) is 3.79. The molecule has 3 N–H and O–H groups in total. The number of hydrogen-bond acceptors (Lipinski definition) is 4. The highest BCUT2D eigenvalue weighted by molar-refractivity contribution is 5.80. The maximum absolute atomic E-state index is 12.3. The van der Waals surface area contributed by atoms with Gasteiger partial charge in [0.25, 0.3) is 5.69 Å². The summed E-state index contributed by atoms with van der Waals surface area (Å²) in [5, 5.41) is 13.7. The largest absolute Gasteiger partial charge is 0.349 e. The maximum Gasteiger partial charge on any atom is 0.269 e. The lowest BCUT2D eigenvalue weighted by molar-refractivity contribution is -0.384. The Morgan fingerprint density at radius 3 is 2.81 bits per heavy atom. The first kappa shape index (κ1) is 15.4. The molecule has 0 aliphatic heterocycles. The van der Waals surface area contributed by atoms with Crippen molar-refractivity contribution in [2.45, 2.75) is 44.7 Å². The second-order valence-corrected chi connectivity index (χ2v) is 5.64. The Hall–Kier alpha value is -1.95. The Balaban J connectivity index is 2.03. The van der Waals surface area contributed by atoms with Crippen LogP contribution in [-0.2, 0) is 4.79 Å². The summed E-state index contributed by atoms with van der Waals surface area (Å²) in [6.45, 7) is 1.82. The van der Waals surface area contributed by atoms with E-state index in [2.05, 4.69) is 5.32 Å². The number of carbonyl (C=O) groups is 1. The normalized spacial score (nSPS) is 23.3. The number of rotatable bonds is 4. The molecule has 1 fully saturated rings. The molecular formula is C15H21N3O3. The van der Waals surface area contributed by atoms with Gasteiger partial charge in [0.05, 0.1) is 16.9 Å². The molecular weight excluding hydrogens is 270 g/mol. The van der Waals surface area contributed by atoms with E-state index >= 15 is 0 Å². The molecule has 3 unspecified atom stereocenters. The van der Waals surface area contributed by atoms with Gasteiger partial charge in [-0.1, -0.05) is 25.0 Å². The number of nitro benzene ring substituents is 1. The van der Waals surface area contributed by atoms with E-state index in [1.165, 1.54) is 12.1 Å². The third-order valence-electron chi connectivity index (χ3n) is 4.10. The van der Waals surface area contributed by atoms with Crippen LogP contribution in [0.15, 0.2) is 24.3 Å². The fourth-order valence-corrected chi connectivity index (χ4v) is 2.80. The Morgan fingerprint density at radius 1 is 1.43 bits per heavy atom. The molecule has 1 aliphatic carbocycles. The lowest BCUT2D eigenvalue weighted by Crippen LogP contribution is -2.44. The van der Waals surface area contributed by atoms with Crippen LogP contribution < -0.4 is 11.1 Å². The number of benzene rings is 1. The maximum atomic E-state index is 12.3. The van der Waals surface area contributed by atoms with Gasteiger partial charge in [-0.15, -0.1) is 0 Å². The van der Waals surface area contributed by atoms with E-state index in [4.69, 9.17) is 5.73 Å². The molecule has 6 heteroatoms. The van der Waals surface area contributed by atoms with Gasteiger partial charge in [0, 0.05) is 18.2 Å². The number of nitro groups is 1. The average molecular weight is 291 g/mol. The smallest absolute Gasteiger partial charge is 0.269 e. The standard InChI is InChI=1S/C15H21N3O3/c1-10(11-5-4-6-12(9-11)18(20)21)17-15(19)13-7-2-3-8-14(13)16/h4-6,9-10,13-14H,2-3,7-8,16H2,1H3,(H,17,19). The van der Waals surface area contributed by atoms with E-state index in [0.29, 0.717) is 0 Å². The van der Waals surface area contributed by atoms with E-state index < -0.39 is 4.92 Å². The number of amides is 1. The minimum atomic E-state index is -0.435. The average Bonchev–Trinajstić information content (AvgIpc) is 2.47. The van der Waals surface area contributed by atoms with E-state index in [1.807, 2.05) is 6.92 Å². The van der Waals surface area contributed by atoms with Crippen molar-refractivity contribution in [2.24, 2.45) is 11.7 Å². The molecule has 21 heavy (non-hydrogen) atoms. The summed E-state index contributed by atoms with van der Waals surface area (Å²) in [6, 6.07) is 5.98. The molecule has 0 spiro atoms. The highest BCUT2D eigenvalue weighted by Crippen LogP contribution is 2.25. The Bertz CT molecular complexity index is 533. The van der Waals surface area contributed by atoms with Crippen molar-refractivity contribution in [3.05, 3.63) is 39.9 Å². The van der Waals surface area contributed by atoms with Crippen LogP contribution >= 0.6 is 0 Å². The molecule has 1 amide bonds. The Kier molecular flexibility index (Phi) is 4.90. The summed E-state index contributed by atoms with van der Waals surface area (Å²) in [5.41, 5.74) is 6.76. The second kappa shape index (κ2) is 6.67. The SMILES string of the molecule is CC(NC(=O)C1CCCCC1N)c1cccc([N+](=O)[O-])c1. The summed E-state index contributed by atoms with van der Waals surface area (Å²) < 4.78 is 0. The highest BCUT2D eigenvalue weighted by Gasteiger charge is 2.29. The number of hydrogen-bond donors (Lipinski definition) is 2. The van der Waals surface area contributed by atoms with E-state index in [0.717, 1.165) is 31.2 Å². The van der Waals surface area contributed by atoms with Gasteiger partial charge >= 0.3 is 0 Å². The molecule has 114 valence electrons. The molecule has 3 atom stereocenters. The topological polar surface area (TPSA) is 98.3 Å². The van der Waals surface area contributed by atoms with Gasteiger partial charge < -0.3 is 11.1 Å². The third kappa shape index (κ3) is 3.78. The summed E-state index contributed by atoms with van der Waals surface area (Å²) >= 11 is 0. The van der Waals surface area contributed by atoms with Crippen LogP contribution in [-0.4, -0.2) is 16.9 Å². The van der Waals surface area contributed by atoms with Gasteiger partial charge in [-0.3, -0.25) is 14.9 Å². The number of carbonyl (C=O) groups excluding carboxylic acids is 1. The lowest BCUT2D eigenvalue weighted by Gasteiger charge is -2.28. The molecule has 0 aromatic heterocycles. The van der Waals surface area contributed by atoms with Crippen LogP contribution in [0.25, 0.3) is 0 Å². The van der Waals surface area contributed by atoms with Crippen molar-refractivity contribution in [2.75, 3.05) is 0 Å². The molecule has 0 radical (unpaired) electrons.